The van der Waals surface area contributed by atoms with Gasteiger partial charge in [-0.05, 0) is 52.4 Å². The van der Waals surface area contributed by atoms with Crippen LogP contribution >= 0.6 is 11.8 Å². The number of rotatable bonds is 7. The van der Waals surface area contributed by atoms with Crippen molar-refractivity contribution in [2.45, 2.75) is 77.3 Å². The van der Waals surface area contributed by atoms with Gasteiger partial charge in [0.25, 0.3) is 0 Å². The van der Waals surface area contributed by atoms with Crippen LogP contribution in [0.1, 0.15) is 58.5 Å². The van der Waals surface area contributed by atoms with Crippen molar-refractivity contribution in [1.29, 1.82) is 0 Å². The average molecular weight is 450 g/mol. The SMILES string of the molecule is Cc1cc(OCC(=O)O)cc(C)c1Sc1c([N+](=O)[O-])nc(C(C)(C)C)n1CC(C)(C)C. The number of ether oxygens (including phenoxy) is 1. The Morgan fingerprint density at radius 2 is 1.74 bits per heavy atom. The summed E-state index contributed by atoms with van der Waals surface area (Å²) in [4.78, 5) is 27.5. The molecule has 0 aliphatic rings. The third kappa shape index (κ3) is 6.22. The molecular formula is C22H31N3O5S. The summed E-state index contributed by atoms with van der Waals surface area (Å²) < 4.78 is 7.27. The number of aliphatic carboxylic acids is 1. The van der Waals surface area contributed by atoms with E-state index in [0.29, 0.717) is 23.1 Å². The first-order valence-corrected chi connectivity index (χ1v) is 10.8. The van der Waals surface area contributed by atoms with Gasteiger partial charge in [0.2, 0.25) is 5.82 Å². The van der Waals surface area contributed by atoms with Gasteiger partial charge in [-0.25, -0.2) is 4.79 Å². The van der Waals surface area contributed by atoms with Crippen LogP contribution in [0, 0.1) is 29.4 Å². The molecule has 0 fully saturated rings. The van der Waals surface area contributed by atoms with Gasteiger partial charge in [-0.15, -0.1) is 0 Å². The minimum Gasteiger partial charge on any atom is -0.482 e. The summed E-state index contributed by atoms with van der Waals surface area (Å²) in [7, 11) is 0. The third-order valence-electron chi connectivity index (χ3n) is 4.38. The Morgan fingerprint density at radius 1 is 1.19 bits per heavy atom. The number of aryl methyl sites for hydroxylation is 2. The molecule has 0 radical (unpaired) electrons. The Balaban J connectivity index is 2.61. The highest BCUT2D eigenvalue weighted by molar-refractivity contribution is 7.99. The van der Waals surface area contributed by atoms with Crippen LogP contribution in [0.4, 0.5) is 5.82 Å². The number of aromatic nitrogens is 2. The lowest BCUT2D eigenvalue weighted by Crippen LogP contribution is -2.24. The summed E-state index contributed by atoms with van der Waals surface area (Å²) in [5, 5.41) is 21.2. The van der Waals surface area contributed by atoms with Crippen LogP contribution in [0.5, 0.6) is 5.75 Å². The number of nitrogens with zero attached hydrogens (tertiary/aromatic N) is 3. The van der Waals surface area contributed by atoms with Gasteiger partial charge < -0.3 is 20.0 Å². The number of benzene rings is 1. The maximum absolute atomic E-state index is 11.9. The first-order valence-electron chi connectivity index (χ1n) is 9.99. The van der Waals surface area contributed by atoms with E-state index in [2.05, 4.69) is 25.8 Å². The lowest BCUT2D eigenvalue weighted by atomic mass is 9.93. The van der Waals surface area contributed by atoms with Crippen LogP contribution in [0.25, 0.3) is 0 Å². The highest BCUT2D eigenvalue weighted by Crippen LogP contribution is 2.42. The smallest absolute Gasteiger partial charge is 0.396 e. The number of carbonyl (C=O) groups is 1. The molecule has 1 heterocycles. The quantitative estimate of drug-likeness (QED) is 0.447. The largest absolute Gasteiger partial charge is 0.482 e. The van der Waals surface area contributed by atoms with Crippen molar-refractivity contribution in [3.8, 4) is 5.75 Å². The highest BCUT2D eigenvalue weighted by atomic mass is 32.2. The Bertz CT molecular complexity index is 977. The van der Waals surface area contributed by atoms with Crippen molar-refractivity contribution < 1.29 is 19.6 Å². The predicted octanol–water partition coefficient (Wildman–Crippen LogP) is 5.37. The van der Waals surface area contributed by atoms with Crippen molar-refractivity contribution in [3.05, 3.63) is 39.2 Å². The number of nitro groups is 1. The molecule has 170 valence electrons. The standard InChI is InChI=1S/C22H31N3O5S/c1-13-9-15(30-11-16(26)27)10-14(2)17(13)31-19-18(25(28)29)23-20(22(6,7)8)24(19)12-21(3,4)5/h9-10H,11-12H2,1-8H3,(H,26,27). The van der Waals surface area contributed by atoms with Crippen molar-refractivity contribution in [2.24, 2.45) is 5.41 Å². The first-order chi connectivity index (χ1) is 14.1. The fourth-order valence-electron chi connectivity index (χ4n) is 3.24. The summed E-state index contributed by atoms with van der Waals surface area (Å²) >= 11 is 1.32. The zero-order chi connectivity index (χ0) is 23.7. The van der Waals surface area contributed by atoms with Crippen molar-refractivity contribution in [3.63, 3.8) is 0 Å². The van der Waals surface area contributed by atoms with Gasteiger partial charge in [-0.2, -0.15) is 0 Å². The Hall–Kier alpha value is -2.55. The molecular weight excluding hydrogens is 418 g/mol. The molecule has 0 aliphatic carbocycles. The van der Waals surface area contributed by atoms with Gasteiger partial charge in [0, 0.05) is 16.9 Å². The zero-order valence-corrected chi connectivity index (χ0v) is 20.2. The van der Waals surface area contributed by atoms with Crippen molar-refractivity contribution in [1.82, 2.24) is 9.55 Å². The Morgan fingerprint density at radius 3 is 2.16 bits per heavy atom. The van der Waals surface area contributed by atoms with E-state index in [9.17, 15) is 14.9 Å². The predicted molar refractivity (Wildman–Crippen MR) is 120 cm³/mol. The molecule has 0 saturated carbocycles. The second-order valence-corrected chi connectivity index (χ2v) is 10.9. The van der Waals surface area contributed by atoms with E-state index < -0.39 is 17.5 Å². The zero-order valence-electron chi connectivity index (χ0n) is 19.4. The molecule has 0 aliphatic heterocycles. The molecule has 0 spiro atoms. The number of imidazole rings is 1. The summed E-state index contributed by atoms with van der Waals surface area (Å²) in [6.45, 7) is 16.2. The average Bonchev–Trinajstić information content (AvgIpc) is 2.93. The molecule has 0 atom stereocenters. The Labute approximate surface area is 187 Å². The summed E-state index contributed by atoms with van der Waals surface area (Å²) in [5.74, 6) is -0.0717. The number of hydrogen-bond acceptors (Lipinski definition) is 6. The molecule has 0 amide bonds. The maximum Gasteiger partial charge on any atom is 0.396 e. The number of hydrogen-bond donors (Lipinski definition) is 1. The van der Waals surface area contributed by atoms with Crippen LogP contribution in [0.2, 0.25) is 0 Å². The number of carboxylic acid groups (broad SMARTS) is 1. The van der Waals surface area contributed by atoms with Crippen LogP contribution < -0.4 is 4.74 Å². The summed E-state index contributed by atoms with van der Waals surface area (Å²) in [5.41, 5.74) is 1.22. The third-order valence-corrected chi connectivity index (χ3v) is 5.82. The highest BCUT2D eigenvalue weighted by Gasteiger charge is 2.36. The van der Waals surface area contributed by atoms with Gasteiger partial charge >= 0.3 is 11.8 Å². The molecule has 9 heteroatoms. The van der Waals surface area contributed by atoms with Gasteiger partial charge in [0.1, 0.15) is 5.75 Å². The topological polar surface area (TPSA) is 107 Å². The minimum absolute atomic E-state index is 0.109. The van der Waals surface area contributed by atoms with E-state index in [1.54, 1.807) is 12.1 Å². The van der Waals surface area contributed by atoms with Crippen molar-refractivity contribution in [2.75, 3.05) is 6.61 Å². The molecule has 0 bridgehead atoms. The van der Waals surface area contributed by atoms with Crippen molar-refractivity contribution >= 4 is 23.5 Å². The fourth-order valence-corrected chi connectivity index (χ4v) is 4.34. The summed E-state index contributed by atoms with van der Waals surface area (Å²) in [6.07, 6.45) is 0. The molecule has 0 saturated heterocycles. The van der Waals surface area contributed by atoms with Crippen LogP contribution in [-0.4, -0.2) is 32.2 Å². The Kier molecular flexibility index (Phi) is 7.10. The van der Waals surface area contributed by atoms with Gasteiger partial charge in [-0.1, -0.05) is 53.3 Å². The van der Waals surface area contributed by atoms with Crippen LogP contribution in [-0.2, 0) is 16.8 Å². The molecule has 2 rings (SSSR count). The molecule has 31 heavy (non-hydrogen) atoms. The second-order valence-electron chi connectivity index (χ2n) is 9.89. The maximum atomic E-state index is 11.9. The normalized spacial score (nSPS) is 12.1. The summed E-state index contributed by atoms with van der Waals surface area (Å²) in [6, 6.07) is 3.50. The van der Waals surface area contributed by atoms with E-state index in [0.717, 1.165) is 16.0 Å². The first kappa shape index (κ1) is 24.7. The lowest BCUT2D eigenvalue weighted by Gasteiger charge is -2.24. The minimum atomic E-state index is -1.05. The van der Waals surface area contributed by atoms with E-state index in [-0.39, 0.29) is 16.6 Å². The fraction of sp³-hybridized carbons (Fsp3) is 0.545. The molecule has 2 aromatic rings. The molecule has 1 N–H and O–H groups in total. The molecule has 0 unspecified atom stereocenters. The van der Waals surface area contributed by atoms with E-state index in [1.807, 2.05) is 39.2 Å². The monoisotopic (exact) mass is 449 g/mol. The van der Waals surface area contributed by atoms with Crippen LogP contribution in [0.3, 0.4) is 0 Å². The van der Waals surface area contributed by atoms with E-state index in [1.165, 1.54) is 11.8 Å². The van der Waals surface area contributed by atoms with E-state index in [4.69, 9.17) is 9.84 Å². The molecule has 1 aromatic carbocycles. The van der Waals surface area contributed by atoms with E-state index >= 15 is 0 Å². The molecule has 8 nitrogen and oxygen atoms in total. The number of carboxylic acids is 1. The van der Waals surface area contributed by atoms with Gasteiger partial charge in [0.05, 0.1) is 0 Å². The lowest BCUT2D eigenvalue weighted by molar-refractivity contribution is -0.392. The van der Waals surface area contributed by atoms with Gasteiger partial charge in [-0.3, -0.25) is 4.57 Å². The second kappa shape index (κ2) is 8.90. The van der Waals surface area contributed by atoms with Gasteiger partial charge in [0.15, 0.2) is 11.6 Å². The van der Waals surface area contributed by atoms with Crippen LogP contribution in [0.15, 0.2) is 22.1 Å². The molecule has 1 aromatic heterocycles.